The minimum atomic E-state index is -5.73. The first kappa shape index (κ1) is 90.4. The van der Waals surface area contributed by atoms with Crippen molar-refractivity contribution in [1.29, 1.82) is 0 Å². The molecule has 0 amide bonds. The fourth-order valence-corrected chi connectivity index (χ4v) is 13.5. The molecule has 1 aliphatic carbocycles. The summed E-state index contributed by atoms with van der Waals surface area (Å²) in [6.07, 6.45) is 15.7. The summed E-state index contributed by atoms with van der Waals surface area (Å²) in [5, 5.41) is 110. The molecule has 3 rings (SSSR count). The normalized spacial score (nSPS) is 28.0. The van der Waals surface area contributed by atoms with Crippen LogP contribution in [0.25, 0.3) is 0 Å². The topological polar surface area (TPSA) is 374 Å². The standard InChI is InChI=1S/C74H133O24P/c1-5-8-11-14-17-19-21-23-24-26-28-30-32-39-44-49-60(78)93-55(51-90-58(76)47-42-37-31-29-27-25-22-20-18-15-12-9-6-2)52-92-99(88,89)98-72-70(96-73-68(86)63(81)61(79)56(50-75)94-73)66(84)65(83)67(85)71(72)97-74-69(87)64(82)62(80)57(95-74)53-91-59(77)48-43-38-34-33-36-41-46-54(4)45-40-35-16-13-10-7-3/h25,27,32,39,44,49,54-57,61-75,79-87H,5-24,26,28-31,33-38,40-43,45-48,50-53H2,1-4H3,(H,88,89)/b27-25-,39-32+,49-44+. The molecule has 1 saturated carbocycles. The smallest absolute Gasteiger partial charge is 0.463 e. The number of allylic oxidation sites excluding steroid dienone is 5. The zero-order chi connectivity index (χ0) is 72.6. The fourth-order valence-electron chi connectivity index (χ4n) is 12.6. The highest BCUT2D eigenvalue weighted by Gasteiger charge is 2.58. The number of aliphatic hydroxyl groups is 10. The summed E-state index contributed by atoms with van der Waals surface area (Å²) in [5.74, 6) is -1.57. The number of hydrogen-bond donors (Lipinski definition) is 11. The molecule has 3 aliphatic rings. The lowest BCUT2D eigenvalue weighted by Crippen LogP contribution is -2.69. The molecule has 0 aromatic heterocycles. The van der Waals surface area contributed by atoms with Crippen LogP contribution in [-0.4, -0.2) is 204 Å². The van der Waals surface area contributed by atoms with Crippen molar-refractivity contribution >= 4 is 25.7 Å². The van der Waals surface area contributed by atoms with Gasteiger partial charge in [0.2, 0.25) is 0 Å². The van der Waals surface area contributed by atoms with Crippen molar-refractivity contribution in [3.05, 3.63) is 36.5 Å². The Morgan fingerprint density at radius 3 is 1.31 bits per heavy atom. The number of ether oxygens (including phenoxy) is 7. The van der Waals surface area contributed by atoms with Gasteiger partial charge in [-0.1, -0.05) is 244 Å². The van der Waals surface area contributed by atoms with E-state index in [-0.39, 0.29) is 12.8 Å². The molecule has 0 bridgehead atoms. The highest BCUT2D eigenvalue weighted by molar-refractivity contribution is 7.47. The second-order valence-electron chi connectivity index (χ2n) is 27.7. The van der Waals surface area contributed by atoms with Crippen molar-refractivity contribution in [2.24, 2.45) is 5.92 Å². The highest BCUT2D eigenvalue weighted by Crippen LogP contribution is 2.49. The first-order valence-electron chi connectivity index (χ1n) is 38.2. The molecule has 0 aromatic rings. The van der Waals surface area contributed by atoms with Crippen LogP contribution in [0.1, 0.15) is 278 Å². The molecule has 19 unspecified atom stereocenters. The molecular formula is C74H133O24P. The molecule has 2 saturated heterocycles. The van der Waals surface area contributed by atoms with Crippen LogP contribution in [-0.2, 0) is 61.2 Å². The van der Waals surface area contributed by atoms with Gasteiger partial charge in [0.25, 0.3) is 0 Å². The van der Waals surface area contributed by atoms with E-state index in [1.807, 2.05) is 6.08 Å². The average Bonchev–Trinajstić information content (AvgIpc) is 0.765. The van der Waals surface area contributed by atoms with Gasteiger partial charge in [-0.2, -0.15) is 0 Å². The lowest BCUT2D eigenvalue weighted by Gasteiger charge is -2.49. The van der Waals surface area contributed by atoms with Crippen LogP contribution in [0.15, 0.2) is 36.5 Å². The fraction of sp³-hybridized carbons (Fsp3) is 0.878. The van der Waals surface area contributed by atoms with Crippen molar-refractivity contribution in [2.75, 3.05) is 26.4 Å². The molecule has 3 fully saturated rings. The predicted molar refractivity (Wildman–Crippen MR) is 374 cm³/mol. The summed E-state index contributed by atoms with van der Waals surface area (Å²) in [7, 11) is -5.73. The van der Waals surface area contributed by atoms with Gasteiger partial charge in [-0.15, -0.1) is 0 Å². The van der Waals surface area contributed by atoms with E-state index >= 15 is 0 Å². The number of carbonyl (C=O) groups excluding carboxylic acids is 3. The van der Waals surface area contributed by atoms with Crippen LogP contribution < -0.4 is 0 Å². The highest BCUT2D eigenvalue weighted by atomic mass is 31.2. The van der Waals surface area contributed by atoms with Crippen LogP contribution in [0.5, 0.6) is 0 Å². The zero-order valence-corrected chi connectivity index (χ0v) is 61.3. The Kier molecular flexibility index (Phi) is 50.0. The van der Waals surface area contributed by atoms with Gasteiger partial charge < -0.3 is 89.1 Å². The second-order valence-corrected chi connectivity index (χ2v) is 29.1. The molecule has 19 atom stereocenters. The number of phosphoric ester groups is 1. The van der Waals surface area contributed by atoms with E-state index in [0.29, 0.717) is 18.8 Å². The number of unbranched alkanes of at least 4 members (excludes halogenated alkanes) is 30. The minimum Gasteiger partial charge on any atom is -0.463 e. The van der Waals surface area contributed by atoms with Crippen LogP contribution >= 0.6 is 7.82 Å². The third kappa shape index (κ3) is 38.1. The molecule has 578 valence electrons. The van der Waals surface area contributed by atoms with Crippen molar-refractivity contribution in [2.45, 2.75) is 382 Å². The summed E-state index contributed by atoms with van der Waals surface area (Å²) in [4.78, 5) is 50.9. The van der Waals surface area contributed by atoms with Crippen molar-refractivity contribution < 1.29 is 117 Å². The van der Waals surface area contributed by atoms with Gasteiger partial charge >= 0.3 is 25.7 Å². The van der Waals surface area contributed by atoms with E-state index in [4.69, 9.17) is 42.2 Å². The molecule has 2 heterocycles. The first-order valence-corrected chi connectivity index (χ1v) is 39.7. The summed E-state index contributed by atoms with van der Waals surface area (Å²) >= 11 is 0. The maximum Gasteiger partial charge on any atom is 0.472 e. The van der Waals surface area contributed by atoms with Crippen LogP contribution in [0.2, 0.25) is 0 Å². The van der Waals surface area contributed by atoms with Gasteiger partial charge in [0.15, 0.2) is 18.7 Å². The van der Waals surface area contributed by atoms with Crippen molar-refractivity contribution in [3.8, 4) is 0 Å². The second kappa shape index (κ2) is 54.7. The number of aliphatic hydroxyl groups excluding tert-OH is 10. The summed E-state index contributed by atoms with van der Waals surface area (Å²) < 4.78 is 64.8. The Morgan fingerprint density at radius 1 is 0.444 bits per heavy atom. The Hall–Kier alpha value is -2.82. The van der Waals surface area contributed by atoms with Gasteiger partial charge in [-0.3, -0.25) is 18.6 Å². The van der Waals surface area contributed by atoms with Gasteiger partial charge in [-0.25, -0.2) is 9.36 Å². The molecular weight excluding hydrogens is 1300 g/mol. The van der Waals surface area contributed by atoms with Crippen LogP contribution in [0, 0.1) is 5.92 Å². The Bertz CT molecular complexity index is 2210. The van der Waals surface area contributed by atoms with Crippen molar-refractivity contribution in [3.63, 3.8) is 0 Å². The number of rotatable bonds is 58. The Labute approximate surface area is 591 Å². The summed E-state index contributed by atoms with van der Waals surface area (Å²) in [5.41, 5.74) is 0. The van der Waals surface area contributed by atoms with E-state index in [1.165, 1.54) is 141 Å². The van der Waals surface area contributed by atoms with E-state index in [2.05, 4.69) is 39.8 Å². The molecule has 24 nitrogen and oxygen atoms in total. The van der Waals surface area contributed by atoms with E-state index in [0.717, 1.165) is 96.0 Å². The quantitative estimate of drug-likeness (QED) is 0.00512. The summed E-state index contributed by atoms with van der Waals surface area (Å²) in [6.45, 7) is 5.63. The lowest BCUT2D eigenvalue weighted by atomic mass is 9.84. The predicted octanol–water partition coefficient (Wildman–Crippen LogP) is 10.5. The third-order valence-electron chi connectivity index (χ3n) is 18.9. The number of carbonyl (C=O) groups is 3. The molecule has 2 aliphatic heterocycles. The van der Waals surface area contributed by atoms with Gasteiger partial charge in [-0.05, 0) is 57.3 Å². The molecule has 25 heteroatoms. The Balaban J connectivity index is 1.76. The van der Waals surface area contributed by atoms with Crippen LogP contribution in [0.3, 0.4) is 0 Å². The molecule has 0 aromatic carbocycles. The monoisotopic (exact) mass is 1440 g/mol. The SMILES string of the molecule is CCCCCCCC/C=C\CCCCCC(=O)OCC(COP(=O)(O)OC1C(OC2OC(CO)C(O)C(O)C2O)C(O)C(O)C(O)C1OC1OC(COC(=O)CCCCCCCCC(C)CCCCCCCC)C(O)C(O)C1O)OC(=O)/C=C/C=C/CCCCCCCCCCCCC. The lowest BCUT2D eigenvalue weighted by molar-refractivity contribution is -0.360. The maximum atomic E-state index is 14.3. The van der Waals surface area contributed by atoms with Gasteiger partial charge in [0.1, 0.15) is 98.7 Å². The average molecular weight is 1440 g/mol. The minimum absolute atomic E-state index is 0.00426. The molecule has 11 N–H and O–H groups in total. The number of esters is 3. The number of phosphoric acid groups is 1. The third-order valence-corrected chi connectivity index (χ3v) is 19.9. The van der Waals surface area contributed by atoms with E-state index in [1.54, 1.807) is 6.08 Å². The molecule has 99 heavy (non-hydrogen) atoms. The van der Waals surface area contributed by atoms with E-state index < -0.39 is 156 Å². The first-order chi connectivity index (χ1) is 47.7. The summed E-state index contributed by atoms with van der Waals surface area (Å²) in [6, 6.07) is 0. The maximum absolute atomic E-state index is 14.3. The molecule has 0 spiro atoms. The van der Waals surface area contributed by atoms with Gasteiger partial charge in [0.05, 0.1) is 13.2 Å². The van der Waals surface area contributed by atoms with Crippen LogP contribution in [0.4, 0.5) is 0 Å². The van der Waals surface area contributed by atoms with Gasteiger partial charge in [0, 0.05) is 18.9 Å². The zero-order valence-electron chi connectivity index (χ0n) is 60.4. The molecule has 0 radical (unpaired) electrons. The van der Waals surface area contributed by atoms with Crippen molar-refractivity contribution in [1.82, 2.24) is 0 Å². The largest absolute Gasteiger partial charge is 0.472 e. The Morgan fingerprint density at radius 2 is 0.838 bits per heavy atom. The van der Waals surface area contributed by atoms with E-state index in [9.17, 15) is 74.9 Å². The number of hydrogen-bond acceptors (Lipinski definition) is 23.